The highest BCUT2D eigenvalue weighted by Gasteiger charge is 2.29. The zero-order valence-corrected chi connectivity index (χ0v) is 13.8. The van der Waals surface area contributed by atoms with Crippen LogP contribution in [-0.2, 0) is 14.8 Å². The molecule has 23 heavy (non-hydrogen) atoms. The van der Waals surface area contributed by atoms with Gasteiger partial charge in [0.1, 0.15) is 0 Å². The lowest BCUT2D eigenvalue weighted by atomic mass is 10.0. The van der Waals surface area contributed by atoms with E-state index in [4.69, 9.17) is 0 Å². The third kappa shape index (κ3) is 2.94. The molecule has 1 aliphatic heterocycles. The van der Waals surface area contributed by atoms with Gasteiger partial charge in [-0.2, -0.15) is 0 Å². The summed E-state index contributed by atoms with van der Waals surface area (Å²) in [5, 5.41) is 0. The van der Waals surface area contributed by atoms with E-state index in [-0.39, 0.29) is 16.7 Å². The normalized spacial score (nSPS) is 17.0. The number of carbonyl (C=O) groups excluding carboxylic acids is 1. The molecule has 1 atom stereocenters. The van der Waals surface area contributed by atoms with Crippen molar-refractivity contribution in [3.63, 3.8) is 0 Å². The van der Waals surface area contributed by atoms with Gasteiger partial charge in [-0.15, -0.1) is 0 Å². The summed E-state index contributed by atoms with van der Waals surface area (Å²) < 4.78 is 27.6. The molecule has 0 saturated carbocycles. The predicted molar refractivity (Wildman–Crippen MR) is 90.1 cm³/mol. The standard InChI is InChI=1S/C17H18N2O3S/c1-12-11-19(13(2)20)17-9-8-15(10-16(12)17)23(21,22)18-14-6-4-3-5-7-14/h3-10,12,18H,11H2,1-2H3. The molecule has 120 valence electrons. The second-order valence-electron chi connectivity index (χ2n) is 5.72. The van der Waals surface area contributed by atoms with Gasteiger partial charge in [0.15, 0.2) is 0 Å². The van der Waals surface area contributed by atoms with E-state index in [0.717, 1.165) is 11.3 Å². The molecule has 1 aliphatic rings. The Balaban J connectivity index is 1.96. The van der Waals surface area contributed by atoms with Crippen LogP contribution in [0.15, 0.2) is 53.4 Å². The van der Waals surface area contributed by atoms with E-state index in [1.807, 2.05) is 13.0 Å². The van der Waals surface area contributed by atoms with Crippen LogP contribution >= 0.6 is 0 Å². The molecule has 3 rings (SSSR count). The molecular weight excluding hydrogens is 312 g/mol. The largest absolute Gasteiger partial charge is 0.312 e. The summed E-state index contributed by atoms with van der Waals surface area (Å²) in [6, 6.07) is 13.7. The molecule has 2 aromatic rings. The van der Waals surface area contributed by atoms with Crippen molar-refractivity contribution in [2.24, 2.45) is 0 Å². The topological polar surface area (TPSA) is 66.5 Å². The average Bonchev–Trinajstić information content (AvgIpc) is 2.85. The molecular formula is C17H18N2O3S. The van der Waals surface area contributed by atoms with Gasteiger partial charge in [-0.3, -0.25) is 9.52 Å². The summed E-state index contributed by atoms with van der Waals surface area (Å²) in [6.45, 7) is 4.09. The Bertz CT molecular complexity index is 847. The number of anilines is 2. The number of sulfonamides is 1. The van der Waals surface area contributed by atoms with Crippen molar-refractivity contribution in [3.8, 4) is 0 Å². The lowest BCUT2D eigenvalue weighted by Gasteiger charge is -2.15. The van der Waals surface area contributed by atoms with Gasteiger partial charge in [0.05, 0.1) is 4.90 Å². The summed E-state index contributed by atoms with van der Waals surface area (Å²) in [7, 11) is -3.65. The molecule has 1 N–H and O–H groups in total. The third-order valence-corrected chi connectivity index (χ3v) is 5.37. The Labute approximate surface area is 136 Å². The van der Waals surface area contributed by atoms with E-state index in [0.29, 0.717) is 12.2 Å². The molecule has 0 saturated heterocycles. The highest BCUT2D eigenvalue weighted by molar-refractivity contribution is 7.92. The number of hydrogen-bond donors (Lipinski definition) is 1. The molecule has 6 heteroatoms. The Morgan fingerprint density at radius 1 is 1.17 bits per heavy atom. The van der Waals surface area contributed by atoms with E-state index in [9.17, 15) is 13.2 Å². The predicted octanol–water partition coefficient (Wildman–Crippen LogP) is 2.96. The van der Waals surface area contributed by atoms with Crippen LogP contribution < -0.4 is 9.62 Å². The van der Waals surface area contributed by atoms with Crippen LogP contribution in [0.25, 0.3) is 0 Å². The maximum absolute atomic E-state index is 12.5. The molecule has 0 bridgehead atoms. The maximum Gasteiger partial charge on any atom is 0.261 e. The van der Waals surface area contributed by atoms with Gasteiger partial charge in [0.2, 0.25) is 5.91 Å². The van der Waals surface area contributed by atoms with Gasteiger partial charge in [0, 0.05) is 30.8 Å². The van der Waals surface area contributed by atoms with Gasteiger partial charge < -0.3 is 4.90 Å². The first-order valence-corrected chi connectivity index (χ1v) is 8.87. The highest BCUT2D eigenvalue weighted by Crippen LogP contribution is 2.37. The lowest BCUT2D eigenvalue weighted by Crippen LogP contribution is -2.26. The van der Waals surface area contributed by atoms with Crippen LogP contribution in [-0.4, -0.2) is 20.9 Å². The number of hydrogen-bond acceptors (Lipinski definition) is 3. The first kappa shape index (κ1) is 15.6. The van der Waals surface area contributed by atoms with Gasteiger partial charge in [-0.1, -0.05) is 25.1 Å². The summed E-state index contributed by atoms with van der Waals surface area (Å²) in [5.74, 6) is 0.0781. The Morgan fingerprint density at radius 3 is 2.52 bits per heavy atom. The molecule has 0 radical (unpaired) electrons. The van der Waals surface area contributed by atoms with Crippen LogP contribution in [0, 0.1) is 0 Å². The molecule has 1 amide bonds. The number of benzene rings is 2. The number of nitrogens with zero attached hydrogens (tertiary/aromatic N) is 1. The van der Waals surface area contributed by atoms with Crippen LogP contribution in [0.1, 0.15) is 25.3 Å². The SMILES string of the molecule is CC(=O)N1CC(C)c2cc(S(=O)(=O)Nc3ccccc3)ccc21. The van der Waals surface area contributed by atoms with Crippen LogP contribution in [0.2, 0.25) is 0 Å². The number of rotatable bonds is 3. The molecule has 5 nitrogen and oxygen atoms in total. The fourth-order valence-electron chi connectivity index (χ4n) is 2.83. The van der Waals surface area contributed by atoms with Crippen LogP contribution in [0.4, 0.5) is 11.4 Å². The van der Waals surface area contributed by atoms with Crippen molar-refractivity contribution in [1.29, 1.82) is 0 Å². The summed E-state index contributed by atoms with van der Waals surface area (Å²) in [6.07, 6.45) is 0. The van der Waals surface area contributed by atoms with Crippen molar-refractivity contribution in [1.82, 2.24) is 0 Å². The minimum Gasteiger partial charge on any atom is -0.312 e. The zero-order valence-electron chi connectivity index (χ0n) is 13.0. The first-order chi connectivity index (χ1) is 10.9. The third-order valence-electron chi connectivity index (χ3n) is 3.99. The number of carbonyl (C=O) groups is 1. The Hall–Kier alpha value is -2.34. The van der Waals surface area contributed by atoms with Gasteiger partial charge >= 0.3 is 0 Å². The van der Waals surface area contributed by atoms with Gasteiger partial charge in [0.25, 0.3) is 10.0 Å². The van der Waals surface area contributed by atoms with Gasteiger partial charge in [-0.05, 0) is 35.9 Å². The molecule has 2 aromatic carbocycles. The minimum atomic E-state index is -3.65. The van der Waals surface area contributed by atoms with E-state index in [1.165, 1.54) is 13.0 Å². The first-order valence-electron chi connectivity index (χ1n) is 7.38. The molecule has 0 spiro atoms. The summed E-state index contributed by atoms with van der Waals surface area (Å²) in [5.41, 5.74) is 2.20. The molecule has 0 aromatic heterocycles. The van der Waals surface area contributed by atoms with Crippen molar-refractivity contribution in [3.05, 3.63) is 54.1 Å². The van der Waals surface area contributed by atoms with E-state index < -0.39 is 10.0 Å². The van der Waals surface area contributed by atoms with Crippen molar-refractivity contribution in [2.45, 2.75) is 24.7 Å². The fraction of sp³-hybridized carbons (Fsp3) is 0.235. The van der Waals surface area contributed by atoms with Crippen LogP contribution in [0.5, 0.6) is 0 Å². The molecule has 1 unspecified atom stereocenters. The second-order valence-corrected chi connectivity index (χ2v) is 7.41. The number of fused-ring (bicyclic) bond motifs is 1. The fourth-order valence-corrected chi connectivity index (χ4v) is 3.92. The van der Waals surface area contributed by atoms with E-state index >= 15 is 0 Å². The number of para-hydroxylation sites is 1. The summed E-state index contributed by atoms with van der Waals surface area (Å²) >= 11 is 0. The quantitative estimate of drug-likeness (QED) is 0.941. The molecule has 0 aliphatic carbocycles. The lowest BCUT2D eigenvalue weighted by molar-refractivity contribution is -0.116. The van der Waals surface area contributed by atoms with Crippen molar-refractivity contribution in [2.75, 3.05) is 16.2 Å². The Kier molecular flexibility index (Phi) is 3.85. The Morgan fingerprint density at radius 2 is 1.87 bits per heavy atom. The molecule has 1 heterocycles. The van der Waals surface area contributed by atoms with E-state index in [2.05, 4.69) is 4.72 Å². The monoisotopic (exact) mass is 330 g/mol. The highest BCUT2D eigenvalue weighted by atomic mass is 32.2. The second kappa shape index (κ2) is 5.70. The smallest absolute Gasteiger partial charge is 0.261 e. The molecule has 0 fully saturated rings. The van der Waals surface area contributed by atoms with Crippen molar-refractivity contribution >= 4 is 27.3 Å². The summed E-state index contributed by atoms with van der Waals surface area (Å²) in [4.78, 5) is 13.6. The van der Waals surface area contributed by atoms with Crippen molar-refractivity contribution < 1.29 is 13.2 Å². The zero-order chi connectivity index (χ0) is 16.6. The van der Waals surface area contributed by atoms with E-state index in [1.54, 1.807) is 41.3 Å². The maximum atomic E-state index is 12.5. The van der Waals surface area contributed by atoms with Crippen LogP contribution in [0.3, 0.4) is 0 Å². The van der Waals surface area contributed by atoms with Gasteiger partial charge in [-0.25, -0.2) is 8.42 Å². The average molecular weight is 330 g/mol. The number of amides is 1. The minimum absolute atomic E-state index is 0.0337. The number of nitrogens with one attached hydrogen (secondary N) is 1.